The van der Waals surface area contributed by atoms with Crippen LogP contribution < -0.4 is 5.32 Å². The molecular weight excluding hydrogens is 178 g/mol. The minimum atomic E-state index is -0.0823. The number of nitrogens with one attached hydrogen (secondary N) is 1. The first-order chi connectivity index (χ1) is 6.70. The van der Waals surface area contributed by atoms with Gasteiger partial charge in [-0.3, -0.25) is 0 Å². The van der Waals surface area contributed by atoms with Crippen molar-refractivity contribution in [1.82, 2.24) is 5.32 Å². The number of nitriles is 1. The average molecular weight is 195 g/mol. The van der Waals surface area contributed by atoms with Crippen LogP contribution in [-0.2, 0) is 0 Å². The Bertz CT molecular complexity index is 224. The van der Waals surface area contributed by atoms with Crippen LogP contribution in [0.5, 0.6) is 0 Å². The summed E-state index contributed by atoms with van der Waals surface area (Å²) >= 11 is 0. The maximum absolute atomic E-state index is 8.78. The van der Waals surface area contributed by atoms with E-state index in [4.69, 9.17) is 10.8 Å². The van der Waals surface area contributed by atoms with Crippen molar-refractivity contribution in [2.75, 3.05) is 13.1 Å². The van der Waals surface area contributed by atoms with Crippen LogP contribution in [0.1, 0.15) is 26.7 Å². The third-order valence-corrected chi connectivity index (χ3v) is 1.75. The van der Waals surface area contributed by atoms with E-state index < -0.39 is 0 Å². The molecule has 0 aliphatic rings. The molecule has 0 fully saturated rings. The van der Waals surface area contributed by atoms with Gasteiger partial charge in [-0.25, -0.2) is 0 Å². The van der Waals surface area contributed by atoms with E-state index in [1.54, 1.807) is 0 Å². The average Bonchev–Trinajstić information content (AvgIpc) is 2.15. The molecule has 0 aliphatic heterocycles. The van der Waals surface area contributed by atoms with Crippen LogP contribution in [-0.4, -0.2) is 19.1 Å². The van der Waals surface area contributed by atoms with Gasteiger partial charge in [0, 0.05) is 11.5 Å². The van der Waals surface area contributed by atoms with E-state index in [9.17, 15) is 0 Å². The molecule has 5 heteroatoms. The van der Waals surface area contributed by atoms with Crippen LogP contribution in [0.25, 0.3) is 10.4 Å². The molecule has 1 N–H and O–H groups in total. The van der Waals surface area contributed by atoms with Gasteiger partial charge in [-0.2, -0.15) is 5.26 Å². The summed E-state index contributed by atoms with van der Waals surface area (Å²) < 4.78 is 0. The standard InChI is InChI=1S/C9H17N5/c1-8(2)6-9(7-10)12-4-3-5-13-14-11/h8-9,12H,3-6H2,1-2H3. The summed E-state index contributed by atoms with van der Waals surface area (Å²) in [6.07, 6.45) is 1.64. The second-order valence-corrected chi connectivity index (χ2v) is 3.57. The predicted molar refractivity (Wildman–Crippen MR) is 55.5 cm³/mol. The first-order valence-electron chi connectivity index (χ1n) is 4.84. The molecular formula is C9H17N5. The zero-order valence-electron chi connectivity index (χ0n) is 8.77. The molecule has 0 aromatic carbocycles. The molecule has 0 aromatic heterocycles. The highest BCUT2D eigenvalue weighted by Gasteiger charge is 2.07. The molecule has 14 heavy (non-hydrogen) atoms. The largest absolute Gasteiger partial charge is 0.302 e. The fourth-order valence-electron chi connectivity index (χ4n) is 1.12. The maximum Gasteiger partial charge on any atom is 0.0955 e. The van der Waals surface area contributed by atoms with E-state index >= 15 is 0 Å². The first kappa shape index (κ1) is 12.8. The van der Waals surface area contributed by atoms with Crippen LogP contribution in [0.3, 0.4) is 0 Å². The van der Waals surface area contributed by atoms with Crippen molar-refractivity contribution < 1.29 is 0 Å². The molecule has 0 radical (unpaired) electrons. The molecule has 1 atom stereocenters. The highest BCUT2D eigenvalue weighted by atomic mass is 15.1. The lowest BCUT2D eigenvalue weighted by atomic mass is 10.1. The topological polar surface area (TPSA) is 84.6 Å². The fourth-order valence-corrected chi connectivity index (χ4v) is 1.12. The van der Waals surface area contributed by atoms with Crippen molar-refractivity contribution in [2.24, 2.45) is 11.0 Å². The second kappa shape index (κ2) is 8.36. The van der Waals surface area contributed by atoms with Crippen molar-refractivity contribution in [1.29, 1.82) is 5.26 Å². The molecule has 0 aromatic rings. The summed E-state index contributed by atoms with van der Waals surface area (Å²) in [6, 6.07) is 2.13. The lowest BCUT2D eigenvalue weighted by Crippen LogP contribution is -2.30. The molecule has 0 heterocycles. The summed E-state index contributed by atoms with van der Waals surface area (Å²) in [5.41, 5.74) is 8.03. The van der Waals surface area contributed by atoms with Crippen LogP contribution in [0.4, 0.5) is 0 Å². The number of hydrogen-bond donors (Lipinski definition) is 1. The van der Waals surface area contributed by atoms with Crippen LogP contribution in [0, 0.1) is 17.2 Å². The van der Waals surface area contributed by atoms with Gasteiger partial charge in [0.05, 0.1) is 12.1 Å². The quantitative estimate of drug-likeness (QED) is 0.292. The summed E-state index contributed by atoms with van der Waals surface area (Å²) in [5, 5.41) is 15.3. The predicted octanol–water partition coefficient (Wildman–Crippen LogP) is 2.21. The van der Waals surface area contributed by atoms with Gasteiger partial charge < -0.3 is 5.32 Å². The molecule has 5 nitrogen and oxygen atoms in total. The fraction of sp³-hybridized carbons (Fsp3) is 0.889. The summed E-state index contributed by atoms with van der Waals surface area (Å²) in [4.78, 5) is 2.65. The van der Waals surface area contributed by atoms with Crippen molar-refractivity contribution >= 4 is 0 Å². The monoisotopic (exact) mass is 195 g/mol. The number of azide groups is 1. The van der Waals surface area contributed by atoms with Gasteiger partial charge in [-0.15, -0.1) is 0 Å². The molecule has 78 valence electrons. The Labute approximate surface area is 84.7 Å². The molecule has 0 saturated heterocycles. The molecule has 0 saturated carbocycles. The minimum Gasteiger partial charge on any atom is -0.302 e. The molecule has 0 amide bonds. The van der Waals surface area contributed by atoms with E-state index in [0.717, 1.165) is 19.4 Å². The van der Waals surface area contributed by atoms with Crippen molar-refractivity contribution in [2.45, 2.75) is 32.7 Å². The summed E-state index contributed by atoms with van der Waals surface area (Å²) in [7, 11) is 0. The van der Waals surface area contributed by atoms with Gasteiger partial charge in [-0.1, -0.05) is 19.0 Å². The Morgan fingerprint density at radius 3 is 2.79 bits per heavy atom. The summed E-state index contributed by atoms with van der Waals surface area (Å²) in [5.74, 6) is 0.518. The zero-order chi connectivity index (χ0) is 10.8. The first-order valence-corrected chi connectivity index (χ1v) is 4.84. The lowest BCUT2D eigenvalue weighted by Gasteiger charge is -2.12. The molecule has 0 rings (SSSR count). The van der Waals surface area contributed by atoms with E-state index in [1.165, 1.54) is 0 Å². The van der Waals surface area contributed by atoms with E-state index in [2.05, 4.69) is 35.3 Å². The van der Waals surface area contributed by atoms with Gasteiger partial charge in [0.1, 0.15) is 0 Å². The van der Waals surface area contributed by atoms with E-state index in [-0.39, 0.29) is 6.04 Å². The van der Waals surface area contributed by atoms with Crippen molar-refractivity contribution in [3.05, 3.63) is 10.4 Å². The normalized spacial score (nSPS) is 11.9. The highest BCUT2D eigenvalue weighted by molar-refractivity contribution is 4.89. The third kappa shape index (κ3) is 7.41. The Hall–Kier alpha value is -1.24. The van der Waals surface area contributed by atoms with Gasteiger partial charge >= 0.3 is 0 Å². The van der Waals surface area contributed by atoms with Gasteiger partial charge in [0.15, 0.2) is 0 Å². The number of nitrogens with zero attached hydrogens (tertiary/aromatic N) is 4. The molecule has 0 spiro atoms. The van der Waals surface area contributed by atoms with Crippen molar-refractivity contribution in [3.8, 4) is 6.07 Å². The van der Waals surface area contributed by atoms with Crippen LogP contribution >= 0.6 is 0 Å². The maximum atomic E-state index is 8.78. The van der Waals surface area contributed by atoms with Gasteiger partial charge in [-0.05, 0) is 30.8 Å². The van der Waals surface area contributed by atoms with E-state index in [1.807, 2.05) is 0 Å². The number of hydrogen-bond acceptors (Lipinski definition) is 3. The van der Waals surface area contributed by atoms with Crippen LogP contribution in [0.2, 0.25) is 0 Å². The van der Waals surface area contributed by atoms with E-state index in [0.29, 0.717) is 12.5 Å². The third-order valence-electron chi connectivity index (χ3n) is 1.75. The highest BCUT2D eigenvalue weighted by Crippen LogP contribution is 2.03. The lowest BCUT2D eigenvalue weighted by molar-refractivity contribution is 0.476. The Balaban J connectivity index is 3.53. The Morgan fingerprint density at radius 2 is 2.29 bits per heavy atom. The number of rotatable bonds is 7. The van der Waals surface area contributed by atoms with Crippen LogP contribution in [0.15, 0.2) is 5.11 Å². The SMILES string of the molecule is CC(C)CC(C#N)NCCCN=[N+]=[N-]. The zero-order valence-corrected chi connectivity index (χ0v) is 8.77. The Morgan fingerprint density at radius 1 is 1.57 bits per heavy atom. The molecule has 1 unspecified atom stereocenters. The molecule has 0 aliphatic carbocycles. The smallest absolute Gasteiger partial charge is 0.0955 e. The van der Waals surface area contributed by atoms with Gasteiger partial charge in [0.25, 0.3) is 0 Å². The van der Waals surface area contributed by atoms with Crippen molar-refractivity contribution in [3.63, 3.8) is 0 Å². The summed E-state index contributed by atoms with van der Waals surface area (Å²) in [6.45, 7) is 5.39. The van der Waals surface area contributed by atoms with Gasteiger partial charge in [0.2, 0.25) is 0 Å². The molecule has 0 bridgehead atoms. The second-order valence-electron chi connectivity index (χ2n) is 3.57. The minimum absolute atomic E-state index is 0.0823. The Kier molecular flexibility index (Phi) is 7.62.